The van der Waals surface area contributed by atoms with E-state index in [-0.39, 0.29) is 5.91 Å². The number of hydrogen-bond donors (Lipinski definition) is 1. The van der Waals surface area contributed by atoms with Gasteiger partial charge in [-0.3, -0.25) is 14.4 Å². The fourth-order valence-corrected chi connectivity index (χ4v) is 4.13. The predicted octanol–water partition coefficient (Wildman–Crippen LogP) is 2.26. The quantitative estimate of drug-likeness (QED) is 0.704. The van der Waals surface area contributed by atoms with Crippen molar-refractivity contribution in [3.63, 3.8) is 0 Å². The lowest BCUT2D eigenvalue weighted by Gasteiger charge is -2.32. The molecule has 2 aromatic heterocycles. The van der Waals surface area contributed by atoms with Gasteiger partial charge in [0.1, 0.15) is 0 Å². The SMILES string of the molecule is Cc1cc(C(=O)NCc2cccc(CN3CCN(C)CC3)c2)c2c(C)nn(C)c2n1. The van der Waals surface area contributed by atoms with E-state index in [0.717, 1.165) is 60.7 Å². The Kier molecular flexibility index (Phi) is 5.83. The number of benzene rings is 1. The van der Waals surface area contributed by atoms with E-state index in [0.29, 0.717) is 12.1 Å². The minimum absolute atomic E-state index is 0.0916. The third-order valence-electron chi connectivity index (χ3n) is 5.79. The number of rotatable bonds is 5. The number of fused-ring (bicyclic) bond motifs is 1. The Labute approximate surface area is 177 Å². The number of carbonyl (C=O) groups is 1. The van der Waals surface area contributed by atoms with Gasteiger partial charge in [-0.2, -0.15) is 5.10 Å². The Balaban J connectivity index is 1.45. The minimum Gasteiger partial charge on any atom is -0.348 e. The molecule has 0 bridgehead atoms. The summed E-state index contributed by atoms with van der Waals surface area (Å²) in [4.78, 5) is 22.4. The zero-order chi connectivity index (χ0) is 21.3. The number of amides is 1. The van der Waals surface area contributed by atoms with Crippen LogP contribution in [0.5, 0.6) is 0 Å². The highest BCUT2D eigenvalue weighted by atomic mass is 16.1. The molecule has 0 aliphatic carbocycles. The summed E-state index contributed by atoms with van der Waals surface area (Å²) >= 11 is 0. The van der Waals surface area contributed by atoms with Crippen molar-refractivity contribution in [3.05, 3.63) is 58.4 Å². The van der Waals surface area contributed by atoms with Gasteiger partial charge in [-0.25, -0.2) is 4.98 Å². The maximum absolute atomic E-state index is 13.0. The lowest BCUT2D eigenvalue weighted by atomic mass is 10.1. The molecule has 1 amide bonds. The monoisotopic (exact) mass is 406 g/mol. The molecular weight excluding hydrogens is 376 g/mol. The average Bonchev–Trinajstić information content (AvgIpc) is 3.01. The van der Waals surface area contributed by atoms with Crippen molar-refractivity contribution in [1.29, 1.82) is 0 Å². The Hall–Kier alpha value is -2.77. The van der Waals surface area contributed by atoms with Crippen LogP contribution in [0, 0.1) is 13.8 Å². The summed E-state index contributed by atoms with van der Waals surface area (Å²) in [6.07, 6.45) is 0. The van der Waals surface area contributed by atoms with Crippen molar-refractivity contribution in [2.45, 2.75) is 26.9 Å². The predicted molar refractivity (Wildman–Crippen MR) is 118 cm³/mol. The standard InChI is InChI=1S/C23H30N6O/c1-16-12-20(21-17(2)26-28(4)22(21)25-16)23(30)24-14-18-6-5-7-19(13-18)15-29-10-8-27(3)9-11-29/h5-7,12-13H,8-11,14-15H2,1-4H3,(H,24,30). The summed E-state index contributed by atoms with van der Waals surface area (Å²) in [6.45, 7) is 9.69. The van der Waals surface area contributed by atoms with Crippen LogP contribution in [0.1, 0.15) is 32.9 Å². The highest BCUT2D eigenvalue weighted by Gasteiger charge is 2.18. The zero-order valence-electron chi connectivity index (χ0n) is 18.3. The molecule has 30 heavy (non-hydrogen) atoms. The fraction of sp³-hybridized carbons (Fsp3) is 0.435. The first-order chi connectivity index (χ1) is 14.4. The van der Waals surface area contributed by atoms with Crippen LogP contribution < -0.4 is 5.32 Å². The molecule has 0 atom stereocenters. The molecule has 1 aliphatic rings. The second-order valence-corrected chi connectivity index (χ2v) is 8.30. The van der Waals surface area contributed by atoms with Gasteiger partial charge in [0.2, 0.25) is 0 Å². The zero-order valence-corrected chi connectivity index (χ0v) is 18.3. The lowest BCUT2D eigenvalue weighted by molar-refractivity contribution is 0.0952. The molecule has 0 spiro atoms. The van der Waals surface area contributed by atoms with Gasteiger partial charge in [-0.05, 0) is 38.1 Å². The third kappa shape index (κ3) is 4.37. The van der Waals surface area contributed by atoms with E-state index in [9.17, 15) is 4.79 Å². The van der Waals surface area contributed by atoms with E-state index in [1.165, 1.54) is 5.56 Å². The number of nitrogens with one attached hydrogen (secondary N) is 1. The van der Waals surface area contributed by atoms with Crippen LogP contribution in [0.2, 0.25) is 0 Å². The molecule has 4 rings (SSSR count). The fourth-order valence-electron chi connectivity index (χ4n) is 4.13. The molecule has 1 saturated heterocycles. The summed E-state index contributed by atoms with van der Waals surface area (Å²) in [5, 5.41) is 8.34. The Bertz CT molecular complexity index is 1060. The van der Waals surface area contributed by atoms with Gasteiger partial charge in [0.05, 0.1) is 16.6 Å². The van der Waals surface area contributed by atoms with Crippen molar-refractivity contribution < 1.29 is 4.79 Å². The second kappa shape index (κ2) is 8.53. The molecule has 1 aliphatic heterocycles. The molecule has 0 unspecified atom stereocenters. The molecule has 0 saturated carbocycles. The molecule has 7 heteroatoms. The molecule has 1 N–H and O–H groups in total. The van der Waals surface area contributed by atoms with Crippen molar-refractivity contribution in [2.24, 2.45) is 7.05 Å². The van der Waals surface area contributed by atoms with Gasteiger partial charge in [-0.15, -0.1) is 0 Å². The normalized spacial score (nSPS) is 15.6. The van der Waals surface area contributed by atoms with Crippen molar-refractivity contribution >= 4 is 16.9 Å². The second-order valence-electron chi connectivity index (χ2n) is 8.30. The molecule has 3 heterocycles. The van der Waals surface area contributed by atoms with Gasteiger partial charge < -0.3 is 10.2 Å². The Morgan fingerprint density at radius 2 is 1.80 bits per heavy atom. The number of likely N-dealkylation sites (N-methyl/N-ethyl adjacent to an activating group) is 1. The number of aryl methyl sites for hydroxylation is 3. The van der Waals surface area contributed by atoms with Gasteiger partial charge in [-0.1, -0.05) is 24.3 Å². The van der Waals surface area contributed by atoms with Crippen LogP contribution in [-0.4, -0.2) is 63.7 Å². The number of piperazine rings is 1. The summed E-state index contributed by atoms with van der Waals surface area (Å²) in [5.74, 6) is -0.0916. The number of pyridine rings is 1. The maximum atomic E-state index is 13.0. The summed E-state index contributed by atoms with van der Waals surface area (Å²) < 4.78 is 1.73. The minimum atomic E-state index is -0.0916. The van der Waals surface area contributed by atoms with Gasteiger partial charge in [0.25, 0.3) is 5.91 Å². The molecule has 0 radical (unpaired) electrons. The first-order valence-electron chi connectivity index (χ1n) is 10.5. The summed E-state index contributed by atoms with van der Waals surface area (Å²) in [6, 6.07) is 10.3. The molecule has 158 valence electrons. The van der Waals surface area contributed by atoms with Crippen molar-refractivity contribution in [1.82, 2.24) is 29.9 Å². The van der Waals surface area contributed by atoms with E-state index in [4.69, 9.17) is 0 Å². The smallest absolute Gasteiger partial charge is 0.252 e. The maximum Gasteiger partial charge on any atom is 0.252 e. The first-order valence-corrected chi connectivity index (χ1v) is 10.5. The van der Waals surface area contributed by atoms with Gasteiger partial charge in [0, 0.05) is 52.0 Å². The molecule has 3 aromatic rings. The summed E-state index contributed by atoms with van der Waals surface area (Å²) in [5.41, 5.74) is 5.41. The highest BCUT2D eigenvalue weighted by molar-refractivity contribution is 6.06. The van der Waals surface area contributed by atoms with Crippen molar-refractivity contribution in [3.8, 4) is 0 Å². The summed E-state index contributed by atoms with van der Waals surface area (Å²) in [7, 11) is 4.03. The van der Waals surface area contributed by atoms with Gasteiger partial charge >= 0.3 is 0 Å². The number of nitrogens with zero attached hydrogens (tertiary/aromatic N) is 5. The van der Waals surface area contributed by atoms with Crippen LogP contribution in [-0.2, 0) is 20.1 Å². The first kappa shape index (κ1) is 20.5. The van der Waals surface area contributed by atoms with E-state index in [2.05, 4.69) is 56.5 Å². The largest absolute Gasteiger partial charge is 0.348 e. The van der Waals surface area contributed by atoms with Gasteiger partial charge in [0.15, 0.2) is 5.65 Å². The van der Waals surface area contributed by atoms with Crippen LogP contribution in [0.15, 0.2) is 30.3 Å². The number of hydrogen-bond acceptors (Lipinski definition) is 5. The number of carbonyl (C=O) groups excluding carboxylic acids is 1. The van der Waals surface area contributed by atoms with Crippen LogP contribution in [0.25, 0.3) is 11.0 Å². The highest BCUT2D eigenvalue weighted by Crippen LogP contribution is 2.21. The molecular formula is C23H30N6O. The molecule has 7 nitrogen and oxygen atoms in total. The van der Waals surface area contributed by atoms with Crippen LogP contribution in [0.3, 0.4) is 0 Å². The van der Waals surface area contributed by atoms with Crippen molar-refractivity contribution in [2.75, 3.05) is 33.2 Å². The van der Waals surface area contributed by atoms with E-state index < -0.39 is 0 Å². The van der Waals surface area contributed by atoms with Crippen LogP contribution in [0.4, 0.5) is 0 Å². The Morgan fingerprint density at radius 1 is 1.07 bits per heavy atom. The number of aromatic nitrogens is 3. The Morgan fingerprint density at radius 3 is 2.57 bits per heavy atom. The van der Waals surface area contributed by atoms with E-state index in [1.807, 2.05) is 27.0 Å². The molecule has 1 fully saturated rings. The topological polar surface area (TPSA) is 66.3 Å². The lowest BCUT2D eigenvalue weighted by Crippen LogP contribution is -2.43. The van der Waals surface area contributed by atoms with E-state index >= 15 is 0 Å². The third-order valence-corrected chi connectivity index (χ3v) is 5.79. The van der Waals surface area contributed by atoms with Crippen LogP contribution >= 0.6 is 0 Å². The average molecular weight is 407 g/mol. The van der Waals surface area contributed by atoms with E-state index in [1.54, 1.807) is 4.68 Å². The molecule has 1 aromatic carbocycles.